The van der Waals surface area contributed by atoms with E-state index in [1.807, 2.05) is 0 Å². The van der Waals surface area contributed by atoms with Gasteiger partial charge >= 0.3 is 0 Å². The molecule has 0 bridgehead atoms. The average Bonchev–Trinajstić information content (AvgIpc) is 2.17. The predicted octanol–water partition coefficient (Wildman–Crippen LogP) is 0.918. The van der Waals surface area contributed by atoms with Crippen molar-refractivity contribution in [2.75, 3.05) is 7.05 Å². The Labute approximate surface area is 64.9 Å². The third-order valence-corrected chi connectivity index (χ3v) is 0.813. The molecule has 0 aromatic carbocycles. The summed E-state index contributed by atoms with van der Waals surface area (Å²) >= 11 is 0. The minimum absolute atomic E-state index is 0. The normalized spacial score (nSPS) is 8.60. The van der Waals surface area contributed by atoms with Crippen LogP contribution in [0.1, 0.15) is 5.76 Å². The molecule has 0 saturated carbocycles. The third kappa shape index (κ3) is 2.24. The average molecular weight is 165 g/mol. The van der Waals surface area contributed by atoms with Gasteiger partial charge in [-0.1, -0.05) is 0 Å². The van der Waals surface area contributed by atoms with Crippen LogP contribution in [0.2, 0.25) is 0 Å². The van der Waals surface area contributed by atoms with Crippen molar-refractivity contribution in [3.8, 4) is 5.88 Å². The number of nitrogens with one attached hydrogen (secondary N) is 1. The Balaban J connectivity index is 0.000000810. The second-order valence-corrected chi connectivity index (χ2v) is 1.58. The van der Waals surface area contributed by atoms with E-state index in [0.717, 1.165) is 5.76 Å². The van der Waals surface area contributed by atoms with E-state index in [1.165, 1.54) is 0 Å². The molecule has 0 aliphatic heterocycles. The molecule has 1 heterocycles. The van der Waals surface area contributed by atoms with Gasteiger partial charge in [-0.15, -0.1) is 12.4 Å². The molecular weight excluding hydrogens is 156 g/mol. The Morgan fingerprint density at radius 2 is 2.40 bits per heavy atom. The van der Waals surface area contributed by atoms with Crippen molar-refractivity contribution in [1.82, 2.24) is 10.6 Å². The van der Waals surface area contributed by atoms with Gasteiger partial charge in [-0.2, -0.15) is 5.48 Å². The van der Waals surface area contributed by atoms with Crippen molar-refractivity contribution in [3.05, 3.63) is 11.8 Å². The molecule has 0 radical (unpaired) electrons. The third-order valence-electron chi connectivity index (χ3n) is 0.813. The lowest BCUT2D eigenvalue weighted by molar-refractivity contribution is 0.200. The number of hydrogen-bond acceptors (Lipinski definition) is 4. The van der Waals surface area contributed by atoms with Crippen molar-refractivity contribution < 1.29 is 9.36 Å². The number of hydrogen-bond donors (Lipinski definition) is 1. The van der Waals surface area contributed by atoms with E-state index in [4.69, 9.17) is 9.36 Å². The summed E-state index contributed by atoms with van der Waals surface area (Å²) < 4.78 is 4.70. The number of nitrogens with zero attached hydrogens (tertiary/aromatic N) is 1. The van der Waals surface area contributed by atoms with Gasteiger partial charge in [0.25, 0.3) is 5.88 Å². The summed E-state index contributed by atoms with van der Waals surface area (Å²) in [5.41, 5.74) is 2.47. The first-order valence-corrected chi connectivity index (χ1v) is 2.60. The molecule has 0 unspecified atom stereocenters. The van der Waals surface area contributed by atoms with Crippen molar-refractivity contribution in [1.29, 1.82) is 0 Å². The first kappa shape index (κ1) is 9.26. The van der Waals surface area contributed by atoms with Gasteiger partial charge in [-0.05, 0) is 12.1 Å². The fourth-order valence-electron chi connectivity index (χ4n) is 0.496. The Hall–Kier alpha value is -0.740. The van der Waals surface area contributed by atoms with Crippen LogP contribution in [-0.4, -0.2) is 12.2 Å². The zero-order valence-corrected chi connectivity index (χ0v) is 6.57. The first-order chi connectivity index (χ1) is 4.33. The highest BCUT2D eigenvalue weighted by atomic mass is 35.5. The molecule has 1 aromatic rings. The fraction of sp³-hybridized carbons (Fsp3) is 0.400. The SMILES string of the molecule is CNOc1cc(C)on1.Cl. The van der Waals surface area contributed by atoms with Crippen molar-refractivity contribution in [2.24, 2.45) is 0 Å². The molecule has 0 atom stereocenters. The predicted molar refractivity (Wildman–Crippen MR) is 38.2 cm³/mol. The van der Waals surface area contributed by atoms with Crippen LogP contribution < -0.4 is 10.3 Å². The second-order valence-electron chi connectivity index (χ2n) is 1.58. The molecule has 1 rings (SSSR count). The fourth-order valence-corrected chi connectivity index (χ4v) is 0.496. The Bertz CT molecular complexity index is 190. The van der Waals surface area contributed by atoms with Crippen LogP contribution >= 0.6 is 12.4 Å². The number of halogens is 1. The number of hydroxylamine groups is 1. The summed E-state index contributed by atoms with van der Waals surface area (Å²) in [5, 5.41) is 3.55. The standard InChI is InChI=1S/C5H8N2O2.ClH/c1-4-3-5(7-8-4)9-6-2;/h3,6H,1-2H3;1H. The van der Waals surface area contributed by atoms with Crippen LogP contribution in [0.25, 0.3) is 0 Å². The molecular formula is C5H9ClN2O2. The summed E-state index contributed by atoms with van der Waals surface area (Å²) in [6, 6.07) is 1.69. The molecule has 0 aliphatic rings. The summed E-state index contributed by atoms with van der Waals surface area (Å²) in [4.78, 5) is 4.77. The van der Waals surface area contributed by atoms with E-state index >= 15 is 0 Å². The zero-order valence-electron chi connectivity index (χ0n) is 5.75. The molecule has 5 heteroatoms. The summed E-state index contributed by atoms with van der Waals surface area (Å²) in [6.45, 7) is 1.80. The van der Waals surface area contributed by atoms with E-state index in [-0.39, 0.29) is 12.4 Å². The molecule has 0 aliphatic carbocycles. The van der Waals surface area contributed by atoms with Gasteiger partial charge in [0.15, 0.2) is 0 Å². The first-order valence-electron chi connectivity index (χ1n) is 2.60. The van der Waals surface area contributed by atoms with Gasteiger partial charge < -0.3 is 9.36 Å². The summed E-state index contributed by atoms with van der Waals surface area (Å²) in [6.07, 6.45) is 0. The second kappa shape index (κ2) is 4.14. The molecule has 1 N–H and O–H groups in total. The number of rotatable bonds is 2. The molecule has 10 heavy (non-hydrogen) atoms. The lowest BCUT2D eigenvalue weighted by Crippen LogP contribution is -2.10. The van der Waals surface area contributed by atoms with E-state index in [9.17, 15) is 0 Å². The molecule has 1 aromatic heterocycles. The number of aromatic nitrogens is 1. The van der Waals surface area contributed by atoms with Crippen LogP contribution in [0.15, 0.2) is 10.6 Å². The van der Waals surface area contributed by atoms with Crippen LogP contribution in [0.3, 0.4) is 0 Å². The van der Waals surface area contributed by atoms with Gasteiger partial charge in [0, 0.05) is 13.1 Å². The largest absolute Gasteiger partial charge is 0.385 e. The minimum atomic E-state index is 0. The van der Waals surface area contributed by atoms with E-state index in [2.05, 4.69) is 10.6 Å². The van der Waals surface area contributed by atoms with Crippen molar-refractivity contribution in [3.63, 3.8) is 0 Å². The molecule has 0 amide bonds. The van der Waals surface area contributed by atoms with Crippen LogP contribution in [0, 0.1) is 6.92 Å². The molecule has 0 spiro atoms. The van der Waals surface area contributed by atoms with Crippen LogP contribution in [0.5, 0.6) is 5.88 Å². The Kier molecular flexibility index (Phi) is 3.83. The van der Waals surface area contributed by atoms with E-state index in [1.54, 1.807) is 20.0 Å². The topological polar surface area (TPSA) is 47.3 Å². The number of aryl methyl sites for hydroxylation is 1. The monoisotopic (exact) mass is 164 g/mol. The maximum absolute atomic E-state index is 4.77. The molecule has 58 valence electrons. The van der Waals surface area contributed by atoms with Crippen molar-refractivity contribution in [2.45, 2.75) is 6.92 Å². The highest BCUT2D eigenvalue weighted by Crippen LogP contribution is 2.07. The molecule has 0 fully saturated rings. The molecule has 4 nitrogen and oxygen atoms in total. The smallest absolute Gasteiger partial charge is 0.277 e. The van der Waals surface area contributed by atoms with Gasteiger partial charge in [-0.25, -0.2) is 0 Å². The lowest BCUT2D eigenvalue weighted by Gasteiger charge is -1.92. The Morgan fingerprint density at radius 1 is 1.70 bits per heavy atom. The van der Waals surface area contributed by atoms with E-state index < -0.39 is 0 Å². The summed E-state index contributed by atoms with van der Waals surface area (Å²) in [5.74, 6) is 1.19. The van der Waals surface area contributed by atoms with Gasteiger partial charge in [0.05, 0.1) is 0 Å². The highest BCUT2D eigenvalue weighted by molar-refractivity contribution is 5.85. The molecule has 0 saturated heterocycles. The lowest BCUT2D eigenvalue weighted by atomic mass is 10.5. The summed E-state index contributed by atoms with van der Waals surface area (Å²) in [7, 11) is 1.66. The van der Waals surface area contributed by atoms with E-state index in [0.29, 0.717) is 5.88 Å². The van der Waals surface area contributed by atoms with Gasteiger partial charge in [-0.3, -0.25) is 0 Å². The maximum atomic E-state index is 4.77. The van der Waals surface area contributed by atoms with Gasteiger partial charge in [0.1, 0.15) is 5.76 Å². The maximum Gasteiger partial charge on any atom is 0.277 e. The van der Waals surface area contributed by atoms with Crippen LogP contribution in [0.4, 0.5) is 0 Å². The quantitative estimate of drug-likeness (QED) is 0.661. The highest BCUT2D eigenvalue weighted by Gasteiger charge is 1.97. The van der Waals surface area contributed by atoms with Crippen LogP contribution in [-0.2, 0) is 0 Å². The van der Waals surface area contributed by atoms with Crippen molar-refractivity contribution >= 4 is 12.4 Å². The zero-order chi connectivity index (χ0) is 6.69. The minimum Gasteiger partial charge on any atom is -0.385 e. The van der Waals surface area contributed by atoms with Gasteiger partial charge in [0.2, 0.25) is 0 Å². The Morgan fingerprint density at radius 3 is 2.80 bits per heavy atom.